The van der Waals surface area contributed by atoms with Crippen molar-refractivity contribution < 1.29 is 9.72 Å². The number of hydrogen-bond acceptors (Lipinski definition) is 3. The molecule has 0 unspecified atom stereocenters. The third-order valence-electron chi connectivity index (χ3n) is 4.03. The Morgan fingerprint density at radius 1 is 1.25 bits per heavy atom. The highest BCUT2D eigenvalue weighted by molar-refractivity contribution is 9.10. The van der Waals surface area contributed by atoms with Gasteiger partial charge in [-0.2, -0.15) is 0 Å². The van der Waals surface area contributed by atoms with Crippen molar-refractivity contribution in [3.63, 3.8) is 0 Å². The summed E-state index contributed by atoms with van der Waals surface area (Å²) in [6, 6.07) is 7.08. The van der Waals surface area contributed by atoms with E-state index in [9.17, 15) is 14.9 Å². The first-order valence-electron chi connectivity index (χ1n) is 6.99. The maximum absolute atomic E-state index is 12.6. The average molecular weight is 340 g/mol. The van der Waals surface area contributed by atoms with E-state index >= 15 is 0 Å². The molecule has 0 radical (unpaired) electrons. The van der Waals surface area contributed by atoms with Crippen molar-refractivity contribution in [1.29, 1.82) is 0 Å². The molecule has 1 aromatic rings. The van der Waals surface area contributed by atoms with Crippen molar-refractivity contribution in [2.45, 2.75) is 32.1 Å². The minimum absolute atomic E-state index is 0.0823. The van der Waals surface area contributed by atoms with Crippen molar-refractivity contribution >= 4 is 21.7 Å². The standard InChI is InChI=1S/C15H18BrNO3/c16-13-8-6-12(7-9-13)15(18)14(10-17(19)20)11-4-2-1-3-5-11/h6-9,11,14H,1-5,10H2/t14-/m0/s1. The molecule has 0 heterocycles. The van der Waals surface area contributed by atoms with Crippen LogP contribution in [-0.4, -0.2) is 17.3 Å². The average Bonchev–Trinajstić information content (AvgIpc) is 2.45. The van der Waals surface area contributed by atoms with E-state index in [4.69, 9.17) is 0 Å². The lowest BCUT2D eigenvalue weighted by atomic mass is 9.77. The maximum atomic E-state index is 12.6. The fourth-order valence-corrected chi connectivity index (χ4v) is 3.24. The Hall–Kier alpha value is -1.23. The predicted molar refractivity (Wildman–Crippen MR) is 80.4 cm³/mol. The molecule has 1 aromatic carbocycles. The van der Waals surface area contributed by atoms with Crippen LogP contribution in [0.5, 0.6) is 0 Å². The molecule has 1 saturated carbocycles. The molecular weight excluding hydrogens is 322 g/mol. The van der Waals surface area contributed by atoms with E-state index in [1.807, 2.05) is 0 Å². The van der Waals surface area contributed by atoms with E-state index in [1.165, 1.54) is 6.42 Å². The lowest BCUT2D eigenvalue weighted by Gasteiger charge is -2.26. The summed E-state index contributed by atoms with van der Waals surface area (Å²) >= 11 is 3.33. The van der Waals surface area contributed by atoms with Crippen molar-refractivity contribution in [3.05, 3.63) is 44.4 Å². The van der Waals surface area contributed by atoms with Gasteiger partial charge in [0, 0.05) is 15.0 Å². The molecule has 0 amide bonds. The maximum Gasteiger partial charge on any atom is 0.214 e. The zero-order chi connectivity index (χ0) is 14.5. The van der Waals surface area contributed by atoms with Crippen molar-refractivity contribution in [2.24, 2.45) is 11.8 Å². The van der Waals surface area contributed by atoms with Gasteiger partial charge in [0.1, 0.15) is 0 Å². The molecule has 1 fully saturated rings. The van der Waals surface area contributed by atoms with Crippen LogP contribution in [0.4, 0.5) is 0 Å². The van der Waals surface area contributed by atoms with Crippen LogP contribution in [0.15, 0.2) is 28.7 Å². The highest BCUT2D eigenvalue weighted by Gasteiger charge is 2.33. The van der Waals surface area contributed by atoms with Crippen molar-refractivity contribution in [3.8, 4) is 0 Å². The summed E-state index contributed by atoms with van der Waals surface area (Å²) in [4.78, 5) is 23.1. The second kappa shape index (κ2) is 6.97. The van der Waals surface area contributed by atoms with Crippen LogP contribution >= 0.6 is 15.9 Å². The van der Waals surface area contributed by atoms with Crippen LogP contribution in [0.3, 0.4) is 0 Å². The molecule has 1 atom stereocenters. The molecule has 0 aromatic heterocycles. The molecule has 1 aliphatic rings. The topological polar surface area (TPSA) is 60.2 Å². The summed E-state index contributed by atoms with van der Waals surface area (Å²) in [6.07, 6.45) is 5.19. The summed E-state index contributed by atoms with van der Waals surface area (Å²) in [7, 11) is 0. The van der Waals surface area contributed by atoms with Gasteiger partial charge in [-0.05, 0) is 30.9 Å². The number of carbonyl (C=O) groups is 1. The lowest BCUT2D eigenvalue weighted by Crippen LogP contribution is -2.32. The monoisotopic (exact) mass is 339 g/mol. The van der Waals surface area contributed by atoms with E-state index in [-0.39, 0.29) is 23.2 Å². The molecule has 0 saturated heterocycles. The smallest absolute Gasteiger partial charge is 0.214 e. The van der Waals surface area contributed by atoms with Gasteiger partial charge in [-0.3, -0.25) is 14.9 Å². The van der Waals surface area contributed by atoms with Gasteiger partial charge in [0.05, 0.1) is 5.92 Å². The molecule has 1 aliphatic carbocycles. The first-order valence-corrected chi connectivity index (χ1v) is 7.79. The molecule has 0 aliphatic heterocycles. The largest absolute Gasteiger partial charge is 0.294 e. The Bertz CT molecular complexity index is 480. The highest BCUT2D eigenvalue weighted by atomic mass is 79.9. The molecule has 5 heteroatoms. The quantitative estimate of drug-likeness (QED) is 0.460. The SMILES string of the molecule is O=C(c1ccc(Br)cc1)[C@@H](C[N+](=O)[O-])C1CCCCC1. The lowest BCUT2D eigenvalue weighted by molar-refractivity contribution is -0.487. The summed E-state index contributed by atoms with van der Waals surface area (Å²) in [5, 5.41) is 10.9. The van der Waals surface area contributed by atoms with Crippen molar-refractivity contribution in [1.82, 2.24) is 0 Å². The number of Topliss-reactive ketones (excluding diaryl/α,β-unsaturated/α-hetero) is 1. The molecule has 108 valence electrons. The number of ketones is 1. The van der Waals surface area contributed by atoms with Crippen LogP contribution in [0.2, 0.25) is 0 Å². The first-order chi connectivity index (χ1) is 9.58. The van der Waals surface area contributed by atoms with Gasteiger partial charge >= 0.3 is 0 Å². The predicted octanol–water partition coefficient (Wildman–Crippen LogP) is 4.11. The minimum Gasteiger partial charge on any atom is -0.294 e. The third-order valence-corrected chi connectivity index (χ3v) is 4.56. The Balaban J connectivity index is 2.18. The number of nitro groups is 1. The second-order valence-corrected chi connectivity index (χ2v) is 6.31. The highest BCUT2D eigenvalue weighted by Crippen LogP contribution is 2.32. The summed E-state index contributed by atoms with van der Waals surface area (Å²) < 4.78 is 0.901. The fourth-order valence-electron chi connectivity index (χ4n) is 2.97. The van der Waals surface area contributed by atoms with Gasteiger partial charge in [-0.25, -0.2) is 0 Å². The summed E-state index contributed by atoms with van der Waals surface area (Å²) in [5.74, 6) is -0.405. The van der Waals surface area contributed by atoms with E-state index < -0.39 is 5.92 Å². The van der Waals surface area contributed by atoms with E-state index in [1.54, 1.807) is 24.3 Å². The normalized spacial score (nSPS) is 17.6. The van der Waals surface area contributed by atoms with E-state index in [0.717, 1.165) is 30.2 Å². The number of nitrogens with zero attached hydrogens (tertiary/aromatic N) is 1. The van der Waals surface area contributed by atoms with E-state index in [0.29, 0.717) is 5.56 Å². The van der Waals surface area contributed by atoms with Crippen LogP contribution < -0.4 is 0 Å². The summed E-state index contributed by atoms with van der Waals surface area (Å²) in [5.41, 5.74) is 0.575. The van der Waals surface area contributed by atoms with Gasteiger partial charge in [0.2, 0.25) is 6.54 Å². The molecule has 20 heavy (non-hydrogen) atoms. The van der Waals surface area contributed by atoms with Crippen LogP contribution in [0, 0.1) is 22.0 Å². The summed E-state index contributed by atoms with van der Waals surface area (Å²) in [6.45, 7) is -0.250. The Morgan fingerprint density at radius 2 is 1.85 bits per heavy atom. The minimum atomic E-state index is -0.480. The second-order valence-electron chi connectivity index (χ2n) is 5.39. The van der Waals surface area contributed by atoms with Crippen LogP contribution in [0.25, 0.3) is 0 Å². The van der Waals surface area contributed by atoms with Crippen LogP contribution in [0.1, 0.15) is 42.5 Å². The number of carbonyl (C=O) groups excluding carboxylic acids is 1. The molecule has 0 N–H and O–H groups in total. The number of benzene rings is 1. The zero-order valence-electron chi connectivity index (χ0n) is 11.3. The number of halogens is 1. The van der Waals surface area contributed by atoms with Gasteiger partial charge < -0.3 is 0 Å². The Labute approximate surface area is 126 Å². The fraction of sp³-hybridized carbons (Fsp3) is 0.533. The van der Waals surface area contributed by atoms with Gasteiger partial charge in [0.15, 0.2) is 5.78 Å². The molecule has 2 rings (SSSR count). The van der Waals surface area contributed by atoms with E-state index in [2.05, 4.69) is 15.9 Å². The molecule has 4 nitrogen and oxygen atoms in total. The Kier molecular flexibility index (Phi) is 5.29. The zero-order valence-corrected chi connectivity index (χ0v) is 12.8. The number of hydrogen-bond donors (Lipinski definition) is 0. The van der Waals surface area contributed by atoms with Gasteiger partial charge in [-0.1, -0.05) is 47.3 Å². The third kappa shape index (κ3) is 3.88. The first kappa shape index (κ1) is 15.2. The molecule has 0 bridgehead atoms. The molecular formula is C15H18BrNO3. The van der Waals surface area contributed by atoms with Crippen LogP contribution in [-0.2, 0) is 0 Å². The molecule has 0 spiro atoms. The number of rotatable bonds is 5. The van der Waals surface area contributed by atoms with Crippen molar-refractivity contribution in [2.75, 3.05) is 6.54 Å². The Morgan fingerprint density at radius 3 is 2.40 bits per heavy atom. The van der Waals surface area contributed by atoms with Gasteiger partial charge in [0.25, 0.3) is 0 Å². The van der Waals surface area contributed by atoms with Gasteiger partial charge in [-0.15, -0.1) is 0 Å².